The van der Waals surface area contributed by atoms with E-state index >= 15 is 0 Å². The molecule has 0 aliphatic rings. The third-order valence-electron chi connectivity index (χ3n) is 8.04. The summed E-state index contributed by atoms with van der Waals surface area (Å²) in [6.45, 7) is 7.53. The van der Waals surface area contributed by atoms with Gasteiger partial charge in [-0.3, -0.25) is 9.59 Å². The van der Waals surface area contributed by atoms with Crippen molar-refractivity contribution in [3.05, 3.63) is 60.8 Å². The lowest BCUT2D eigenvalue weighted by molar-refractivity contribution is -0.163. The maximum atomic E-state index is 12.5. The molecule has 0 N–H and O–H groups in total. The molecule has 1 unspecified atom stereocenters. The fraction of sp³-hybridized carbons (Fsp3) is 0.721. The molecule has 276 valence electrons. The Morgan fingerprint density at radius 1 is 0.479 bits per heavy atom. The summed E-state index contributed by atoms with van der Waals surface area (Å²) in [6, 6.07) is 0. The third-order valence-corrected chi connectivity index (χ3v) is 8.04. The predicted molar refractivity (Wildman–Crippen MR) is 205 cm³/mol. The average Bonchev–Trinajstić information content (AvgIpc) is 3.08. The van der Waals surface area contributed by atoms with Gasteiger partial charge in [0, 0.05) is 19.4 Å². The van der Waals surface area contributed by atoms with E-state index in [0.717, 1.165) is 77.0 Å². The maximum absolute atomic E-state index is 12.5. The van der Waals surface area contributed by atoms with Crippen LogP contribution in [0.4, 0.5) is 0 Å². The van der Waals surface area contributed by atoms with Crippen molar-refractivity contribution in [3.63, 3.8) is 0 Å². The summed E-state index contributed by atoms with van der Waals surface area (Å²) in [5, 5.41) is 0. The van der Waals surface area contributed by atoms with Gasteiger partial charge in [0.1, 0.15) is 6.61 Å². The van der Waals surface area contributed by atoms with E-state index < -0.39 is 6.10 Å². The van der Waals surface area contributed by atoms with Gasteiger partial charge < -0.3 is 14.2 Å². The van der Waals surface area contributed by atoms with Gasteiger partial charge in [-0.05, 0) is 77.0 Å². The monoisotopic (exact) mass is 671 g/mol. The molecule has 0 aromatic heterocycles. The topological polar surface area (TPSA) is 61.8 Å². The molecule has 0 aromatic rings. The number of carbonyl (C=O) groups is 2. The lowest BCUT2D eigenvalue weighted by atomic mass is 10.1. The second-order valence-electron chi connectivity index (χ2n) is 12.8. The molecule has 5 heteroatoms. The zero-order valence-corrected chi connectivity index (χ0v) is 31.5. The number of allylic oxidation sites excluding steroid dienone is 10. The van der Waals surface area contributed by atoms with Crippen LogP contribution < -0.4 is 0 Å². The van der Waals surface area contributed by atoms with E-state index in [1.165, 1.54) is 64.2 Å². The lowest BCUT2D eigenvalue weighted by Crippen LogP contribution is -2.30. The van der Waals surface area contributed by atoms with Crippen molar-refractivity contribution in [1.82, 2.24) is 0 Å². The van der Waals surface area contributed by atoms with Crippen LogP contribution in [0.5, 0.6) is 0 Å². The Hall–Kier alpha value is -2.40. The van der Waals surface area contributed by atoms with Crippen LogP contribution in [0.2, 0.25) is 0 Å². The molecule has 0 amide bonds. The third kappa shape index (κ3) is 36.4. The summed E-state index contributed by atoms with van der Waals surface area (Å²) >= 11 is 0. The second-order valence-corrected chi connectivity index (χ2v) is 12.8. The molecule has 1 atom stereocenters. The van der Waals surface area contributed by atoms with E-state index in [-0.39, 0.29) is 25.2 Å². The minimum Gasteiger partial charge on any atom is -0.462 e. The average molecular weight is 671 g/mol. The van der Waals surface area contributed by atoms with Gasteiger partial charge in [-0.1, -0.05) is 146 Å². The highest BCUT2D eigenvalue weighted by atomic mass is 16.6. The Kier molecular flexibility index (Phi) is 37.1. The van der Waals surface area contributed by atoms with Gasteiger partial charge in [0.15, 0.2) is 6.10 Å². The first-order chi connectivity index (χ1) is 23.6. The van der Waals surface area contributed by atoms with Gasteiger partial charge in [0.2, 0.25) is 0 Å². The summed E-state index contributed by atoms with van der Waals surface area (Å²) in [4.78, 5) is 24.9. The first-order valence-electron chi connectivity index (χ1n) is 19.8. The van der Waals surface area contributed by atoms with Gasteiger partial charge in [0.05, 0.1) is 6.61 Å². The van der Waals surface area contributed by atoms with Gasteiger partial charge >= 0.3 is 11.9 Å². The molecule has 0 saturated carbocycles. The van der Waals surface area contributed by atoms with Gasteiger partial charge in [-0.2, -0.15) is 0 Å². The van der Waals surface area contributed by atoms with Crippen LogP contribution in [0, 0.1) is 0 Å². The van der Waals surface area contributed by atoms with Crippen LogP contribution in [-0.2, 0) is 23.8 Å². The lowest BCUT2D eigenvalue weighted by Gasteiger charge is -2.18. The van der Waals surface area contributed by atoms with E-state index in [4.69, 9.17) is 14.2 Å². The molecular formula is C43H74O5. The molecular weight excluding hydrogens is 596 g/mol. The Labute approximate surface area is 296 Å². The SMILES string of the molecule is CC/C=C\C/C=C\C/C=C\C/C=C\CCCCC(=O)OCC(COCCCCCCCC/C=C\CCCC)OC(=O)CCCCCCC. The molecule has 0 aromatic carbocycles. The van der Waals surface area contributed by atoms with Gasteiger partial charge in [0.25, 0.3) is 0 Å². The number of rotatable bonds is 35. The highest BCUT2D eigenvalue weighted by molar-refractivity contribution is 5.70. The molecule has 0 rings (SSSR count). The fourth-order valence-electron chi connectivity index (χ4n) is 5.07. The second kappa shape index (κ2) is 39.0. The Morgan fingerprint density at radius 3 is 1.62 bits per heavy atom. The first-order valence-corrected chi connectivity index (χ1v) is 19.8. The smallest absolute Gasteiger partial charge is 0.306 e. The minimum atomic E-state index is -0.549. The van der Waals surface area contributed by atoms with Crippen molar-refractivity contribution in [1.29, 1.82) is 0 Å². The van der Waals surface area contributed by atoms with Crippen LogP contribution in [-0.4, -0.2) is 37.9 Å². The van der Waals surface area contributed by atoms with Crippen molar-refractivity contribution in [2.24, 2.45) is 0 Å². The van der Waals surface area contributed by atoms with Crippen molar-refractivity contribution in [2.75, 3.05) is 19.8 Å². The molecule has 0 bridgehead atoms. The number of esters is 2. The summed E-state index contributed by atoms with van der Waals surface area (Å²) in [5.74, 6) is -0.466. The van der Waals surface area contributed by atoms with Crippen LogP contribution >= 0.6 is 0 Å². The molecule has 0 aliphatic heterocycles. The van der Waals surface area contributed by atoms with E-state index in [9.17, 15) is 9.59 Å². The first kappa shape index (κ1) is 45.6. The number of hydrogen-bond donors (Lipinski definition) is 0. The Bertz CT molecular complexity index is 853. The van der Waals surface area contributed by atoms with Crippen molar-refractivity contribution >= 4 is 11.9 Å². The quantitative estimate of drug-likeness (QED) is 0.0381. The van der Waals surface area contributed by atoms with Crippen molar-refractivity contribution < 1.29 is 23.8 Å². The van der Waals surface area contributed by atoms with Gasteiger partial charge in [-0.25, -0.2) is 0 Å². The van der Waals surface area contributed by atoms with E-state index in [2.05, 4.69) is 81.5 Å². The zero-order chi connectivity index (χ0) is 35.0. The number of unbranched alkanes of at least 4 members (excludes halogenated alkanes) is 14. The van der Waals surface area contributed by atoms with Crippen LogP contribution in [0.3, 0.4) is 0 Å². The minimum absolute atomic E-state index is 0.0597. The number of ether oxygens (including phenoxy) is 3. The van der Waals surface area contributed by atoms with E-state index in [1.807, 2.05) is 0 Å². The standard InChI is InChI=1S/C43H74O5/c1-4-7-10-13-15-17-19-21-22-23-24-26-28-31-33-36-42(44)47-40-41(48-43(45)37-34-30-12-9-6-3)39-46-38-35-32-29-27-25-20-18-16-14-11-8-5-2/h7,10,14-17,21-22,24,26,41H,4-6,8-9,11-13,18-20,23,25,27-40H2,1-3H3/b10-7-,16-14-,17-15-,22-21-,26-24-. The highest BCUT2D eigenvalue weighted by Crippen LogP contribution is 2.11. The summed E-state index contributed by atoms with van der Waals surface area (Å²) in [5.41, 5.74) is 0. The summed E-state index contributed by atoms with van der Waals surface area (Å²) in [7, 11) is 0. The molecule has 0 saturated heterocycles. The zero-order valence-electron chi connectivity index (χ0n) is 31.5. The van der Waals surface area contributed by atoms with Crippen molar-refractivity contribution in [2.45, 2.75) is 181 Å². The molecule has 0 aliphatic carbocycles. The molecule has 0 fully saturated rings. The summed E-state index contributed by atoms with van der Waals surface area (Å²) in [6.07, 6.45) is 46.7. The van der Waals surface area contributed by atoms with Gasteiger partial charge in [-0.15, -0.1) is 0 Å². The Morgan fingerprint density at radius 2 is 0.958 bits per heavy atom. The number of hydrogen-bond acceptors (Lipinski definition) is 5. The summed E-state index contributed by atoms with van der Waals surface area (Å²) < 4.78 is 17.1. The van der Waals surface area contributed by atoms with E-state index in [0.29, 0.717) is 19.4 Å². The van der Waals surface area contributed by atoms with E-state index in [1.54, 1.807) is 0 Å². The molecule has 48 heavy (non-hydrogen) atoms. The van der Waals surface area contributed by atoms with Crippen LogP contribution in [0.1, 0.15) is 175 Å². The normalized spacial score (nSPS) is 12.8. The fourth-order valence-corrected chi connectivity index (χ4v) is 5.07. The van der Waals surface area contributed by atoms with Crippen LogP contribution in [0.25, 0.3) is 0 Å². The molecule has 0 spiro atoms. The molecule has 5 nitrogen and oxygen atoms in total. The van der Waals surface area contributed by atoms with Crippen molar-refractivity contribution in [3.8, 4) is 0 Å². The molecule has 0 heterocycles. The predicted octanol–water partition coefficient (Wildman–Crippen LogP) is 12.7. The Balaban J connectivity index is 4.20. The number of carbonyl (C=O) groups excluding carboxylic acids is 2. The van der Waals surface area contributed by atoms with Crippen LogP contribution in [0.15, 0.2) is 60.8 Å². The molecule has 0 radical (unpaired) electrons. The maximum Gasteiger partial charge on any atom is 0.306 e. The largest absolute Gasteiger partial charge is 0.462 e. The highest BCUT2D eigenvalue weighted by Gasteiger charge is 2.17.